The van der Waals surface area contributed by atoms with Gasteiger partial charge in [0, 0.05) is 5.56 Å². The molecule has 3 heteroatoms. The number of rotatable bonds is 16. The van der Waals surface area contributed by atoms with Crippen LogP contribution in [-0.4, -0.2) is 23.2 Å². The van der Waals surface area contributed by atoms with E-state index in [9.17, 15) is 14.3 Å². The molecule has 1 aliphatic carbocycles. The minimum atomic E-state index is -0.668. The van der Waals surface area contributed by atoms with Crippen molar-refractivity contribution in [1.82, 2.24) is 0 Å². The second-order valence-corrected chi connectivity index (χ2v) is 11.8. The number of alkyl halides is 1. The number of fused-ring (bicyclic) bond motifs is 5. The molecular formula is C35H45FO2. The zero-order valence-corrected chi connectivity index (χ0v) is 23.4. The highest BCUT2D eigenvalue weighted by molar-refractivity contribution is 6.21. The molecule has 2 nitrogen and oxygen atoms in total. The van der Waals surface area contributed by atoms with Gasteiger partial charge in [0.25, 0.3) is 0 Å². The predicted molar refractivity (Wildman–Crippen MR) is 160 cm³/mol. The lowest BCUT2D eigenvalue weighted by Crippen LogP contribution is -2.24. The second kappa shape index (κ2) is 13.5. The van der Waals surface area contributed by atoms with Gasteiger partial charge in [0.05, 0.1) is 12.3 Å². The predicted octanol–water partition coefficient (Wildman–Crippen LogP) is 9.78. The van der Waals surface area contributed by atoms with Crippen LogP contribution in [0.25, 0.3) is 27.6 Å². The number of halogens is 1. The summed E-state index contributed by atoms with van der Waals surface area (Å²) in [6, 6.07) is 14.8. The largest absolute Gasteiger partial charge is 0.390 e. The first-order chi connectivity index (χ1) is 18.4. The van der Waals surface area contributed by atoms with Crippen LogP contribution >= 0.6 is 0 Å². The summed E-state index contributed by atoms with van der Waals surface area (Å²) in [5, 5.41) is 15.9. The molecule has 3 aromatic rings. The molecule has 1 N–H and O–H groups in total. The highest BCUT2D eigenvalue weighted by atomic mass is 19.1. The van der Waals surface area contributed by atoms with Gasteiger partial charge >= 0.3 is 0 Å². The molecule has 2 atom stereocenters. The van der Waals surface area contributed by atoms with Crippen LogP contribution in [0.3, 0.4) is 0 Å². The number of aryl methyl sites for hydroxylation is 1. The summed E-state index contributed by atoms with van der Waals surface area (Å²) in [7, 11) is 0. The molecule has 4 rings (SSSR count). The Kier molecular flexibility index (Phi) is 10.1. The molecule has 1 aliphatic rings. The van der Waals surface area contributed by atoms with Gasteiger partial charge in [-0.05, 0) is 95.8 Å². The fourth-order valence-electron chi connectivity index (χ4n) is 6.13. The molecule has 204 valence electrons. The summed E-state index contributed by atoms with van der Waals surface area (Å²) >= 11 is 0. The minimum Gasteiger partial charge on any atom is -0.390 e. The van der Waals surface area contributed by atoms with E-state index in [1.54, 1.807) is 6.08 Å². The van der Waals surface area contributed by atoms with Gasteiger partial charge in [-0.3, -0.25) is 9.18 Å². The second-order valence-electron chi connectivity index (χ2n) is 11.8. The third-order valence-corrected chi connectivity index (χ3v) is 8.51. The van der Waals surface area contributed by atoms with Crippen molar-refractivity contribution in [3.63, 3.8) is 0 Å². The lowest BCUT2D eigenvalue weighted by molar-refractivity contribution is 0.0396. The average Bonchev–Trinajstić information content (AvgIpc) is 3.30. The summed E-state index contributed by atoms with van der Waals surface area (Å²) in [6.07, 6.45) is 17.6. The maximum atomic E-state index is 12.3. The van der Waals surface area contributed by atoms with Crippen molar-refractivity contribution in [1.29, 1.82) is 0 Å². The molecular weight excluding hydrogens is 471 g/mol. The number of hydrogen-bond donors (Lipinski definition) is 1. The van der Waals surface area contributed by atoms with Gasteiger partial charge in [0.1, 0.15) is 0 Å². The Morgan fingerprint density at radius 2 is 1.53 bits per heavy atom. The van der Waals surface area contributed by atoms with E-state index in [4.69, 9.17) is 0 Å². The molecule has 0 bridgehead atoms. The number of allylic oxidation sites excluding steroid dienone is 1. The van der Waals surface area contributed by atoms with Gasteiger partial charge < -0.3 is 5.11 Å². The molecule has 3 aromatic carbocycles. The van der Waals surface area contributed by atoms with E-state index in [1.807, 2.05) is 19.1 Å². The molecule has 0 saturated heterocycles. The highest BCUT2D eigenvalue weighted by Crippen LogP contribution is 2.35. The van der Waals surface area contributed by atoms with E-state index < -0.39 is 5.60 Å². The van der Waals surface area contributed by atoms with Crippen LogP contribution in [0.15, 0.2) is 48.5 Å². The quantitative estimate of drug-likeness (QED) is 0.152. The van der Waals surface area contributed by atoms with Crippen molar-refractivity contribution in [3.8, 4) is 0 Å². The van der Waals surface area contributed by atoms with Gasteiger partial charge in [-0.2, -0.15) is 0 Å². The van der Waals surface area contributed by atoms with Crippen LogP contribution < -0.4 is 0 Å². The third kappa shape index (κ3) is 7.32. The van der Waals surface area contributed by atoms with Crippen molar-refractivity contribution in [3.05, 3.63) is 65.2 Å². The van der Waals surface area contributed by atoms with Crippen LogP contribution in [0.4, 0.5) is 4.39 Å². The Morgan fingerprint density at radius 1 is 0.816 bits per heavy atom. The number of unbranched alkanes of at least 4 members (excludes halogenated alkanes) is 6. The molecule has 2 unspecified atom stereocenters. The topological polar surface area (TPSA) is 37.3 Å². The maximum Gasteiger partial charge on any atom is 0.186 e. The summed E-state index contributed by atoms with van der Waals surface area (Å²) in [5.41, 5.74) is 2.41. The van der Waals surface area contributed by atoms with Gasteiger partial charge in [-0.15, -0.1) is 0 Å². The standard InChI is InChI=1S/C35H45FO2/c1-26(13-11-25-36)12-8-6-4-3-5-7-9-23-35(2,38)24-22-28-15-10-14-27-16-17-30-29-20-21-33(37)31(29)18-19-32(30)34(27)28/h10,14-21,26,38H,3-9,11-13,22-25H2,1-2H3. The van der Waals surface area contributed by atoms with E-state index in [-0.39, 0.29) is 12.5 Å². The minimum absolute atomic E-state index is 0.0857. The number of carbonyl (C=O) groups is 1. The van der Waals surface area contributed by atoms with Crippen LogP contribution in [0.1, 0.15) is 112 Å². The summed E-state index contributed by atoms with van der Waals surface area (Å²) in [6.45, 7) is 4.06. The van der Waals surface area contributed by atoms with E-state index in [0.717, 1.165) is 48.6 Å². The molecule has 0 saturated carbocycles. The van der Waals surface area contributed by atoms with Crippen LogP contribution in [0.2, 0.25) is 0 Å². The third-order valence-electron chi connectivity index (χ3n) is 8.51. The van der Waals surface area contributed by atoms with Crippen molar-refractivity contribution in [2.75, 3.05) is 6.67 Å². The Balaban J connectivity index is 1.24. The Hall–Kier alpha value is -2.52. The number of ketones is 1. The van der Waals surface area contributed by atoms with Crippen LogP contribution in [0, 0.1) is 5.92 Å². The molecule has 38 heavy (non-hydrogen) atoms. The lowest BCUT2D eigenvalue weighted by Gasteiger charge is -2.24. The summed E-state index contributed by atoms with van der Waals surface area (Å²) < 4.78 is 12.3. The monoisotopic (exact) mass is 516 g/mol. The van der Waals surface area contributed by atoms with E-state index >= 15 is 0 Å². The molecule has 0 amide bonds. The maximum absolute atomic E-state index is 12.3. The zero-order chi connectivity index (χ0) is 27.0. The first kappa shape index (κ1) is 28.5. The number of aliphatic hydroxyl groups is 1. The van der Waals surface area contributed by atoms with Crippen molar-refractivity contribution >= 4 is 33.4 Å². The Bertz CT molecular complexity index is 1260. The molecule has 0 fully saturated rings. The molecule has 0 heterocycles. The Labute approximate surface area is 228 Å². The fraction of sp³-hybridized carbons (Fsp3) is 0.514. The normalized spacial score (nSPS) is 15.3. The fourth-order valence-corrected chi connectivity index (χ4v) is 6.13. The van der Waals surface area contributed by atoms with Gasteiger partial charge in [0.15, 0.2) is 5.78 Å². The first-order valence-corrected chi connectivity index (χ1v) is 14.9. The smallest absolute Gasteiger partial charge is 0.186 e. The van der Waals surface area contributed by atoms with Gasteiger partial charge in [-0.1, -0.05) is 94.7 Å². The summed E-state index contributed by atoms with van der Waals surface area (Å²) in [4.78, 5) is 12.2. The SMILES string of the molecule is CC(CCCF)CCCCCCCCCC(C)(O)CCc1cccc2ccc3c4c(ccc3c12)C(=O)C=C4. The molecule has 0 spiro atoms. The van der Waals surface area contributed by atoms with E-state index in [1.165, 1.54) is 66.7 Å². The van der Waals surface area contributed by atoms with E-state index in [0.29, 0.717) is 12.3 Å². The molecule has 0 aromatic heterocycles. The van der Waals surface area contributed by atoms with Crippen molar-refractivity contribution in [2.24, 2.45) is 5.92 Å². The molecule has 0 aliphatic heterocycles. The first-order valence-electron chi connectivity index (χ1n) is 14.9. The lowest BCUT2D eigenvalue weighted by atomic mass is 9.88. The molecule has 0 radical (unpaired) electrons. The van der Waals surface area contributed by atoms with Crippen LogP contribution in [0.5, 0.6) is 0 Å². The number of benzene rings is 3. The number of hydrogen-bond acceptors (Lipinski definition) is 2. The Morgan fingerprint density at radius 3 is 2.32 bits per heavy atom. The van der Waals surface area contributed by atoms with Crippen LogP contribution in [-0.2, 0) is 6.42 Å². The van der Waals surface area contributed by atoms with E-state index in [2.05, 4.69) is 43.3 Å². The van der Waals surface area contributed by atoms with Crippen molar-refractivity contribution < 1.29 is 14.3 Å². The average molecular weight is 517 g/mol. The highest BCUT2D eigenvalue weighted by Gasteiger charge is 2.21. The van der Waals surface area contributed by atoms with Gasteiger partial charge in [-0.25, -0.2) is 0 Å². The van der Waals surface area contributed by atoms with Gasteiger partial charge in [0.2, 0.25) is 0 Å². The zero-order valence-electron chi connectivity index (χ0n) is 23.4. The number of carbonyl (C=O) groups excluding carboxylic acids is 1. The van der Waals surface area contributed by atoms with Crippen molar-refractivity contribution in [2.45, 2.75) is 103 Å². The summed E-state index contributed by atoms with van der Waals surface area (Å²) in [5.74, 6) is 0.742.